The molecule has 0 spiro atoms. The van der Waals surface area contributed by atoms with Gasteiger partial charge < -0.3 is 14.2 Å². The van der Waals surface area contributed by atoms with Gasteiger partial charge in [-0.3, -0.25) is 14.4 Å². The summed E-state index contributed by atoms with van der Waals surface area (Å²) in [7, 11) is 0. The zero-order chi connectivity index (χ0) is 51.4. The van der Waals surface area contributed by atoms with Crippen LogP contribution in [0.2, 0.25) is 0 Å². The fourth-order valence-corrected chi connectivity index (χ4v) is 9.40. The van der Waals surface area contributed by atoms with Gasteiger partial charge in [0.2, 0.25) is 0 Å². The lowest BCUT2D eigenvalue weighted by Gasteiger charge is -2.18. The Morgan fingerprint density at radius 3 is 0.845 bits per heavy atom. The van der Waals surface area contributed by atoms with Crippen molar-refractivity contribution in [1.82, 2.24) is 0 Å². The first-order valence-corrected chi connectivity index (χ1v) is 31.5. The lowest BCUT2D eigenvalue weighted by atomic mass is 10.0. The fourth-order valence-electron chi connectivity index (χ4n) is 9.40. The Bertz CT molecular complexity index is 1190. The maximum Gasteiger partial charge on any atom is 0.306 e. The number of unbranched alkanes of at least 4 members (excludes halogenated alkanes) is 41. The zero-order valence-corrected chi connectivity index (χ0v) is 47.8. The van der Waals surface area contributed by atoms with Gasteiger partial charge in [0.1, 0.15) is 13.2 Å². The van der Waals surface area contributed by atoms with Crippen LogP contribution < -0.4 is 0 Å². The van der Waals surface area contributed by atoms with Gasteiger partial charge in [0, 0.05) is 19.3 Å². The van der Waals surface area contributed by atoms with Crippen LogP contribution in [0.3, 0.4) is 0 Å². The SMILES string of the molecule is CCCCCCCC/C=C\C/C=C\C/C=C\CCCC(=O)OCC(COC(=O)CCCCCCCCCCCCCCCCCCCC)OC(=O)CCCCCCCCCCCCCCCCCCCC. The van der Waals surface area contributed by atoms with Crippen LogP contribution in [0.4, 0.5) is 0 Å². The van der Waals surface area contributed by atoms with Gasteiger partial charge >= 0.3 is 17.9 Å². The Hall–Kier alpha value is -2.37. The lowest BCUT2D eigenvalue weighted by Crippen LogP contribution is -2.30. The molecule has 0 saturated heterocycles. The predicted octanol–water partition coefficient (Wildman–Crippen LogP) is 21.2. The molecule has 0 amide bonds. The molecule has 6 nitrogen and oxygen atoms in total. The van der Waals surface area contributed by atoms with Crippen LogP contribution in [0.1, 0.15) is 342 Å². The summed E-state index contributed by atoms with van der Waals surface area (Å²) in [4.78, 5) is 38.3. The Balaban J connectivity index is 4.38. The second-order valence-electron chi connectivity index (χ2n) is 21.3. The number of rotatable bonds is 58. The molecule has 0 rings (SSSR count). The van der Waals surface area contributed by atoms with Crippen molar-refractivity contribution in [2.75, 3.05) is 13.2 Å². The molecule has 0 saturated carbocycles. The molecule has 6 heteroatoms. The Morgan fingerprint density at radius 1 is 0.282 bits per heavy atom. The number of hydrogen-bond acceptors (Lipinski definition) is 6. The molecule has 0 aliphatic rings. The summed E-state index contributed by atoms with van der Waals surface area (Å²) in [5.74, 6) is -0.912. The van der Waals surface area contributed by atoms with E-state index in [9.17, 15) is 14.4 Å². The number of carbonyl (C=O) groups excluding carboxylic acids is 3. The van der Waals surface area contributed by atoms with Crippen LogP contribution in [-0.2, 0) is 28.6 Å². The standard InChI is InChI=1S/C65H120O6/c1-4-7-10-13-16-19-22-25-28-31-34-37-40-43-46-49-52-55-58-64(67)70-61-62(60-69-63(66)57-54-51-48-45-42-39-36-33-30-27-24-21-18-15-12-9-6-3)71-65(68)59-56-53-50-47-44-41-38-35-32-29-26-23-20-17-14-11-8-5-2/h27,30,36,39,45,48,62H,4-26,28-29,31-35,37-38,40-44,46-47,49-61H2,1-3H3/b30-27-,39-36-,48-45-. The van der Waals surface area contributed by atoms with E-state index in [2.05, 4.69) is 57.2 Å². The molecule has 0 bridgehead atoms. The molecular formula is C65H120O6. The third-order valence-electron chi connectivity index (χ3n) is 14.1. The van der Waals surface area contributed by atoms with Gasteiger partial charge in [-0.25, -0.2) is 0 Å². The van der Waals surface area contributed by atoms with Crippen LogP contribution in [0.15, 0.2) is 36.5 Å². The monoisotopic (exact) mass is 997 g/mol. The molecule has 0 aliphatic carbocycles. The first-order chi connectivity index (χ1) is 35.0. The number of ether oxygens (including phenoxy) is 3. The molecular weight excluding hydrogens is 877 g/mol. The summed E-state index contributed by atoms with van der Waals surface area (Å²) in [5, 5.41) is 0. The van der Waals surface area contributed by atoms with E-state index in [1.165, 1.54) is 238 Å². The average Bonchev–Trinajstić information content (AvgIpc) is 3.37. The van der Waals surface area contributed by atoms with Crippen molar-refractivity contribution >= 4 is 17.9 Å². The van der Waals surface area contributed by atoms with Gasteiger partial charge in [-0.05, 0) is 51.4 Å². The van der Waals surface area contributed by atoms with E-state index >= 15 is 0 Å². The second-order valence-corrected chi connectivity index (χ2v) is 21.3. The van der Waals surface area contributed by atoms with Crippen LogP contribution in [0.5, 0.6) is 0 Å². The van der Waals surface area contributed by atoms with E-state index < -0.39 is 6.10 Å². The molecule has 0 aromatic heterocycles. The van der Waals surface area contributed by atoms with Crippen molar-refractivity contribution in [3.63, 3.8) is 0 Å². The third kappa shape index (κ3) is 58.4. The summed E-state index contributed by atoms with van der Waals surface area (Å²) < 4.78 is 16.9. The highest BCUT2D eigenvalue weighted by molar-refractivity contribution is 5.71. The average molecular weight is 998 g/mol. The highest BCUT2D eigenvalue weighted by Gasteiger charge is 2.19. The maximum absolute atomic E-state index is 12.9. The van der Waals surface area contributed by atoms with Gasteiger partial charge in [-0.15, -0.1) is 0 Å². The quantitative estimate of drug-likeness (QED) is 0.0261. The summed E-state index contributed by atoms with van der Waals surface area (Å²) >= 11 is 0. The lowest BCUT2D eigenvalue weighted by molar-refractivity contribution is -0.167. The Morgan fingerprint density at radius 2 is 0.521 bits per heavy atom. The number of allylic oxidation sites excluding steroid dienone is 6. The molecule has 416 valence electrons. The smallest absolute Gasteiger partial charge is 0.306 e. The molecule has 71 heavy (non-hydrogen) atoms. The normalized spacial score (nSPS) is 12.2. The summed E-state index contributed by atoms with van der Waals surface area (Å²) in [5.41, 5.74) is 0. The predicted molar refractivity (Wildman–Crippen MR) is 307 cm³/mol. The molecule has 0 radical (unpaired) electrons. The molecule has 0 aromatic carbocycles. The molecule has 0 aliphatic heterocycles. The third-order valence-corrected chi connectivity index (χ3v) is 14.1. The number of hydrogen-bond donors (Lipinski definition) is 0. The molecule has 0 fully saturated rings. The van der Waals surface area contributed by atoms with Gasteiger partial charge in [-0.1, -0.05) is 308 Å². The Kier molecular flexibility index (Phi) is 58.2. The molecule has 0 aromatic rings. The van der Waals surface area contributed by atoms with Crippen molar-refractivity contribution in [3.8, 4) is 0 Å². The fraction of sp³-hybridized carbons (Fsp3) is 0.862. The van der Waals surface area contributed by atoms with E-state index in [4.69, 9.17) is 14.2 Å². The van der Waals surface area contributed by atoms with Gasteiger partial charge in [-0.2, -0.15) is 0 Å². The largest absolute Gasteiger partial charge is 0.462 e. The van der Waals surface area contributed by atoms with E-state index in [1.54, 1.807) is 0 Å². The zero-order valence-electron chi connectivity index (χ0n) is 47.8. The van der Waals surface area contributed by atoms with E-state index in [1.807, 2.05) is 0 Å². The number of carbonyl (C=O) groups is 3. The van der Waals surface area contributed by atoms with Crippen molar-refractivity contribution in [3.05, 3.63) is 36.5 Å². The minimum atomic E-state index is -0.789. The molecule has 1 atom stereocenters. The van der Waals surface area contributed by atoms with Crippen LogP contribution in [-0.4, -0.2) is 37.2 Å². The molecule has 0 N–H and O–H groups in total. The van der Waals surface area contributed by atoms with Crippen molar-refractivity contribution < 1.29 is 28.6 Å². The maximum atomic E-state index is 12.9. The topological polar surface area (TPSA) is 78.9 Å². The molecule has 1 unspecified atom stereocenters. The minimum Gasteiger partial charge on any atom is -0.462 e. The highest BCUT2D eigenvalue weighted by Crippen LogP contribution is 2.18. The molecule has 0 heterocycles. The van der Waals surface area contributed by atoms with Crippen molar-refractivity contribution in [2.45, 2.75) is 348 Å². The van der Waals surface area contributed by atoms with Gasteiger partial charge in [0.25, 0.3) is 0 Å². The van der Waals surface area contributed by atoms with E-state index in [0.717, 1.165) is 57.8 Å². The van der Waals surface area contributed by atoms with Crippen molar-refractivity contribution in [1.29, 1.82) is 0 Å². The first kappa shape index (κ1) is 68.6. The minimum absolute atomic E-state index is 0.0821. The summed E-state index contributed by atoms with van der Waals surface area (Å²) in [6.07, 6.45) is 72.9. The summed E-state index contributed by atoms with van der Waals surface area (Å²) in [6.45, 7) is 6.65. The summed E-state index contributed by atoms with van der Waals surface area (Å²) in [6, 6.07) is 0. The van der Waals surface area contributed by atoms with Crippen molar-refractivity contribution in [2.24, 2.45) is 0 Å². The van der Waals surface area contributed by atoms with Gasteiger partial charge in [0.15, 0.2) is 6.10 Å². The number of esters is 3. The first-order valence-electron chi connectivity index (χ1n) is 31.5. The van der Waals surface area contributed by atoms with Crippen LogP contribution in [0.25, 0.3) is 0 Å². The van der Waals surface area contributed by atoms with Gasteiger partial charge in [0.05, 0.1) is 0 Å². The van der Waals surface area contributed by atoms with E-state index in [0.29, 0.717) is 25.7 Å². The van der Waals surface area contributed by atoms with Crippen LogP contribution >= 0.6 is 0 Å². The Labute approximate surface area is 442 Å². The highest BCUT2D eigenvalue weighted by atomic mass is 16.6. The van der Waals surface area contributed by atoms with E-state index in [-0.39, 0.29) is 31.1 Å². The second kappa shape index (κ2) is 60.2. The van der Waals surface area contributed by atoms with Crippen LogP contribution in [0, 0.1) is 0 Å².